The maximum Gasteiger partial charge on any atom is 0.330 e. The fourth-order valence-electron chi connectivity index (χ4n) is 4.85. The molecule has 2 aromatic carbocycles. The van der Waals surface area contributed by atoms with E-state index in [1.54, 1.807) is 7.05 Å². The lowest BCUT2D eigenvalue weighted by molar-refractivity contribution is -0.148. The Morgan fingerprint density at radius 1 is 0.538 bits per heavy atom. The Labute approximate surface area is 306 Å². The second kappa shape index (κ2) is 26.7. The number of carbonyl (C=O) groups is 6. The van der Waals surface area contributed by atoms with Crippen molar-refractivity contribution in [3.8, 4) is 0 Å². The minimum atomic E-state index is -0.963. The van der Waals surface area contributed by atoms with Crippen molar-refractivity contribution in [2.24, 2.45) is 0 Å². The molecule has 2 atom stereocenters. The van der Waals surface area contributed by atoms with Crippen LogP contribution in [-0.2, 0) is 60.6 Å². The Balaban J connectivity index is 1.65. The van der Waals surface area contributed by atoms with Crippen LogP contribution in [0.3, 0.4) is 0 Å². The summed E-state index contributed by atoms with van der Waals surface area (Å²) in [5, 5.41) is 5.64. The molecule has 52 heavy (non-hydrogen) atoms. The molecule has 1 amide bonds. The van der Waals surface area contributed by atoms with Crippen LogP contribution in [0.2, 0.25) is 0 Å². The van der Waals surface area contributed by atoms with Crippen LogP contribution in [0.15, 0.2) is 85.0 Å². The second-order valence-electron chi connectivity index (χ2n) is 12.1. The number of amides is 1. The quantitative estimate of drug-likeness (QED) is 0.0607. The monoisotopic (exact) mass is 720 g/mol. The summed E-state index contributed by atoms with van der Waals surface area (Å²) < 4.78 is 21.0. The fourth-order valence-corrected chi connectivity index (χ4v) is 4.85. The van der Waals surface area contributed by atoms with E-state index in [9.17, 15) is 28.8 Å². The predicted molar refractivity (Wildman–Crippen MR) is 195 cm³/mol. The molecule has 0 saturated heterocycles. The number of ketones is 1. The SMILES string of the molecule is CNC(Cc1ccccc1)C(=O)OCCCCCCOC(=O)C(Cc1ccccc1)NC(=O)C=CC(=O)OCCCCCCOC(=O)C=CC(C)=O. The molecule has 0 aliphatic rings. The van der Waals surface area contributed by atoms with Crippen LogP contribution in [0, 0.1) is 0 Å². The van der Waals surface area contributed by atoms with Gasteiger partial charge in [-0.05, 0) is 89.0 Å². The summed E-state index contributed by atoms with van der Waals surface area (Å²) in [6.45, 7) is 2.21. The van der Waals surface area contributed by atoms with E-state index in [1.165, 1.54) is 6.92 Å². The maximum atomic E-state index is 13.0. The van der Waals surface area contributed by atoms with Crippen molar-refractivity contribution in [2.75, 3.05) is 33.5 Å². The van der Waals surface area contributed by atoms with E-state index in [4.69, 9.17) is 18.9 Å². The third-order valence-electron chi connectivity index (χ3n) is 7.68. The zero-order chi connectivity index (χ0) is 37.8. The summed E-state index contributed by atoms with van der Waals surface area (Å²) in [6.07, 6.45) is 10.6. The standard InChI is InChI=1S/C40H52N2O10/c1-31(43)21-23-37(45)49-25-13-3-4-14-26-50-38(46)24-22-36(44)42-35(30-33-19-11-8-12-20-33)40(48)52-28-16-6-5-15-27-51-39(47)34(41-2)29-32-17-9-7-10-18-32/h7-12,17-24,34-35,41H,3-6,13-16,25-30H2,1-2H3,(H,42,44). The zero-order valence-corrected chi connectivity index (χ0v) is 30.2. The molecule has 12 heteroatoms. The van der Waals surface area contributed by atoms with E-state index >= 15 is 0 Å². The third kappa shape index (κ3) is 20.5. The molecule has 12 nitrogen and oxygen atoms in total. The maximum absolute atomic E-state index is 13.0. The number of likely N-dealkylation sites (N-methyl/N-ethyl adjacent to an activating group) is 1. The van der Waals surface area contributed by atoms with Gasteiger partial charge in [-0.2, -0.15) is 0 Å². The summed E-state index contributed by atoms with van der Waals surface area (Å²) in [5.74, 6) is -3.00. The Bertz CT molecular complexity index is 1440. The average molecular weight is 721 g/mol. The predicted octanol–water partition coefficient (Wildman–Crippen LogP) is 4.54. The third-order valence-corrected chi connectivity index (χ3v) is 7.68. The van der Waals surface area contributed by atoms with E-state index < -0.39 is 35.9 Å². The summed E-state index contributed by atoms with van der Waals surface area (Å²) in [4.78, 5) is 72.3. The minimum absolute atomic E-state index is 0.158. The molecular weight excluding hydrogens is 668 g/mol. The van der Waals surface area contributed by atoms with E-state index in [0.717, 1.165) is 61.1 Å². The first-order chi connectivity index (χ1) is 25.2. The van der Waals surface area contributed by atoms with Crippen molar-refractivity contribution in [1.82, 2.24) is 10.6 Å². The van der Waals surface area contributed by atoms with Crippen LogP contribution < -0.4 is 10.6 Å². The van der Waals surface area contributed by atoms with Crippen LogP contribution >= 0.6 is 0 Å². The molecule has 0 heterocycles. The van der Waals surface area contributed by atoms with Gasteiger partial charge < -0.3 is 29.6 Å². The van der Waals surface area contributed by atoms with Crippen LogP contribution in [0.4, 0.5) is 0 Å². The van der Waals surface area contributed by atoms with Crippen LogP contribution in [0.1, 0.15) is 69.4 Å². The van der Waals surface area contributed by atoms with Gasteiger partial charge in [-0.3, -0.25) is 14.4 Å². The number of unbranched alkanes of at least 4 members (excludes halogenated alkanes) is 6. The van der Waals surface area contributed by atoms with Gasteiger partial charge in [-0.15, -0.1) is 0 Å². The first kappa shape index (κ1) is 43.1. The number of benzene rings is 2. The summed E-state index contributed by atoms with van der Waals surface area (Å²) in [6, 6.07) is 17.6. The minimum Gasteiger partial charge on any atom is -0.465 e. The number of hydrogen-bond donors (Lipinski definition) is 2. The number of ether oxygens (including phenoxy) is 4. The highest BCUT2D eigenvalue weighted by Gasteiger charge is 2.22. The molecule has 2 unspecified atom stereocenters. The van der Waals surface area contributed by atoms with Crippen molar-refractivity contribution >= 4 is 35.6 Å². The molecular formula is C40H52N2O10. The van der Waals surface area contributed by atoms with Crippen molar-refractivity contribution in [3.63, 3.8) is 0 Å². The molecule has 2 N–H and O–H groups in total. The Kier molecular flexibility index (Phi) is 22.1. The molecule has 0 radical (unpaired) electrons. The first-order valence-electron chi connectivity index (χ1n) is 17.8. The molecule has 2 aromatic rings. The Hall–Kier alpha value is -5.10. The summed E-state index contributed by atoms with van der Waals surface area (Å²) >= 11 is 0. The van der Waals surface area contributed by atoms with Gasteiger partial charge in [-0.1, -0.05) is 60.7 Å². The lowest BCUT2D eigenvalue weighted by atomic mass is 10.1. The number of esters is 4. The van der Waals surface area contributed by atoms with Gasteiger partial charge in [0, 0.05) is 24.6 Å². The van der Waals surface area contributed by atoms with Crippen molar-refractivity contribution in [1.29, 1.82) is 0 Å². The lowest BCUT2D eigenvalue weighted by Gasteiger charge is -2.17. The highest BCUT2D eigenvalue weighted by atomic mass is 16.5. The van der Waals surface area contributed by atoms with Gasteiger partial charge in [0.15, 0.2) is 5.78 Å². The van der Waals surface area contributed by atoms with Crippen molar-refractivity contribution < 1.29 is 47.7 Å². The molecule has 2 rings (SSSR count). The van der Waals surface area contributed by atoms with Gasteiger partial charge >= 0.3 is 23.9 Å². The average Bonchev–Trinajstić information content (AvgIpc) is 3.14. The van der Waals surface area contributed by atoms with Gasteiger partial charge in [0.05, 0.1) is 26.4 Å². The van der Waals surface area contributed by atoms with E-state index in [2.05, 4.69) is 10.6 Å². The number of nitrogens with one attached hydrogen (secondary N) is 2. The van der Waals surface area contributed by atoms with E-state index in [0.29, 0.717) is 38.7 Å². The number of hydrogen-bond acceptors (Lipinski definition) is 11. The lowest BCUT2D eigenvalue weighted by Crippen LogP contribution is -2.42. The molecule has 0 saturated carbocycles. The molecule has 0 aliphatic heterocycles. The van der Waals surface area contributed by atoms with E-state index in [-0.39, 0.29) is 38.0 Å². The van der Waals surface area contributed by atoms with Crippen molar-refractivity contribution in [2.45, 2.75) is 83.2 Å². The van der Waals surface area contributed by atoms with Gasteiger partial charge in [0.25, 0.3) is 0 Å². The molecule has 0 aromatic heterocycles. The van der Waals surface area contributed by atoms with Gasteiger partial charge in [0.1, 0.15) is 12.1 Å². The molecule has 0 bridgehead atoms. The highest BCUT2D eigenvalue weighted by molar-refractivity contribution is 5.96. The zero-order valence-electron chi connectivity index (χ0n) is 30.2. The second-order valence-corrected chi connectivity index (χ2v) is 12.1. The van der Waals surface area contributed by atoms with Crippen LogP contribution in [0.25, 0.3) is 0 Å². The highest BCUT2D eigenvalue weighted by Crippen LogP contribution is 2.09. The molecule has 0 fully saturated rings. The number of rotatable bonds is 26. The van der Waals surface area contributed by atoms with Crippen LogP contribution in [-0.4, -0.2) is 81.1 Å². The normalized spacial score (nSPS) is 12.2. The Morgan fingerprint density at radius 2 is 0.942 bits per heavy atom. The van der Waals surface area contributed by atoms with Gasteiger partial charge in [0.2, 0.25) is 5.91 Å². The first-order valence-corrected chi connectivity index (χ1v) is 17.8. The van der Waals surface area contributed by atoms with Gasteiger partial charge in [-0.25, -0.2) is 14.4 Å². The van der Waals surface area contributed by atoms with E-state index in [1.807, 2.05) is 60.7 Å². The summed E-state index contributed by atoms with van der Waals surface area (Å²) in [7, 11) is 1.73. The smallest absolute Gasteiger partial charge is 0.330 e. The molecule has 282 valence electrons. The van der Waals surface area contributed by atoms with Crippen LogP contribution in [0.5, 0.6) is 0 Å². The number of allylic oxidation sites excluding steroid dienone is 1. The van der Waals surface area contributed by atoms with Crippen molar-refractivity contribution in [3.05, 3.63) is 96.1 Å². The number of carbonyl (C=O) groups excluding carboxylic acids is 6. The largest absolute Gasteiger partial charge is 0.465 e. The molecule has 0 spiro atoms. The topological polar surface area (TPSA) is 163 Å². The Morgan fingerprint density at radius 3 is 1.38 bits per heavy atom. The molecule has 0 aliphatic carbocycles. The fraction of sp³-hybridized carbons (Fsp3) is 0.450. The summed E-state index contributed by atoms with van der Waals surface area (Å²) in [5.41, 5.74) is 1.88.